The van der Waals surface area contributed by atoms with Crippen molar-refractivity contribution in [2.75, 3.05) is 13.1 Å². The lowest BCUT2D eigenvalue weighted by Gasteiger charge is -2.32. The predicted octanol–water partition coefficient (Wildman–Crippen LogP) is 1.35. The Morgan fingerprint density at radius 2 is 1.95 bits per heavy atom. The van der Waals surface area contributed by atoms with E-state index in [9.17, 15) is 9.59 Å². The molecule has 2 aliphatic heterocycles. The molecular weight excluding hydrogens is 260 g/mol. The molecule has 0 aromatic carbocycles. The van der Waals surface area contributed by atoms with Crippen molar-refractivity contribution >= 4 is 24.3 Å². The molecule has 2 heterocycles. The van der Waals surface area contributed by atoms with E-state index in [0.717, 1.165) is 32.4 Å². The van der Waals surface area contributed by atoms with Crippen LogP contribution in [0.5, 0.6) is 0 Å². The highest BCUT2D eigenvalue weighted by Gasteiger charge is 2.42. The summed E-state index contributed by atoms with van der Waals surface area (Å²) < 4.78 is 0. The van der Waals surface area contributed by atoms with Crippen LogP contribution in [0.3, 0.4) is 0 Å². The number of ketones is 1. The zero-order valence-electron chi connectivity index (χ0n) is 12.0. The van der Waals surface area contributed by atoms with Crippen LogP contribution in [0.25, 0.3) is 0 Å². The molecule has 1 unspecified atom stereocenters. The number of thiol groups is 1. The molecule has 1 amide bonds. The number of hydrogen-bond acceptors (Lipinski definition) is 4. The zero-order valence-corrected chi connectivity index (χ0v) is 12.9. The molecule has 0 N–H and O–H groups in total. The number of nitrogens with zero attached hydrogens (tertiary/aromatic N) is 2. The van der Waals surface area contributed by atoms with Crippen molar-refractivity contribution in [2.45, 2.75) is 63.4 Å². The van der Waals surface area contributed by atoms with Gasteiger partial charge in [-0.3, -0.25) is 14.5 Å². The summed E-state index contributed by atoms with van der Waals surface area (Å²) in [6.07, 6.45) is 2.55. The molecule has 2 aliphatic rings. The van der Waals surface area contributed by atoms with E-state index in [-0.39, 0.29) is 29.0 Å². The number of rotatable bonds is 3. The second-order valence-electron chi connectivity index (χ2n) is 6.00. The summed E-state index contributed by atoms with van der Waals surface area (Å²) in [5.41, 5.74) is 0. The Hall–Kier alpha value is -0.550. The summed E-state index contributed by atoms with van der Waals surface area (Å²) in [6, 6.07) is 0.0485. The second kappa shape index (κ2) is 5.83. The van der Waals surface area contributed by atoms with E-state index >= 15 is 0 Å². The van der Waals surface area contributed by atoms with Gasteiger partial charge in [0.1, 0.15) is 0 Å². The van der Waals surface area contributed by atoms with Crippen LogP contribution in [0, 0.1) is 0 Å². The Morgan fingerprint density at radius 1 is 1.26 bits per heavy atom. The molecule has 108 valence electrons. The summed E-state index contributed by atoms with van der Waals surface area (Å²) in [4.78, 5) is 28.4. The minimum Gasteiger partial charge on any atom is -0.331 e. The lowest BCUT2D eigenvalue weighted by molar-refractivity contribution is -0.141. The summed E-state index contributed by atoms with van der Waals surface area (Å²) in [5, 5.41) is 0.259. The highest BCUT2D eigenvalue weighted by Crippen LogP contribution is 2.28. The maximum Gasteiger partial charge on any atom is 0.240 e. The Kier molecular flexibility index (Phi) is 4.56. The van der Waals surface area contributed by atoms with Crippen molar-refractivity contribution in [3.63, 3.8) is 0 Å². The van der Waals surface area contributed by atoms with Gasteiger partial charge >= 0.3 is 0 Å². The third-order valence-electron chi connectivity index (χ3n) is 4.27. The van der Waals surface area contributed by atoms with E-state index in [0.29, 0.717) is 6.04 Å². The molecular formula is C14H24N2O2S. The number of hydrogen-bond donors (Lipinski definition) is 1. The van der Waals surface area contributed by atoms with Gasteiger partial charge in [-0.15, -0.1) is 0 Å². The van der Waals surface area contributed by atoms with Gasteiger partial charge in [0, 0.05) is 24.4 Å². The minimum atomic E-state index is -0.194. The molecule has 4 nitrogen and oxygen atoms in total. The molecule has 0 aromatic rings. The first-order valence-corrected chi connectivity index (χ1v) is 7.68. The monoisotopic (exact) mass is 284 g/mol. The van der Waals surface area contributed by atoms with Crippen molar-refractivity contribution in [1.29, 1.82) is 0 Å². The number of amides is 1. The van der Waals surface area contributed by atoms with Gasteiger partial charge in [-0.05, 0) is 40.0 Å². The maximum absolute atomic E-state index is 12.7. The van der Waals surface area contributed by atoms with Crippen LogP contribution in [-0.2, 0) is 9.59 Å². The molecule has 0 radical (unpaired) electrons. The molecule has 0 bridgehead atoms. The quantitative estimate of drug-likeness (QED) is 0.795. The first-order chi connectivity index (χ1) is 8.91. The largest absolute Gasteiger partial charge is 0.331 e. The van der Waals surface area contributed by atoms with Crippen LogP contribution < -0.4 is 0 Å². The Labute approximate surface area is 120 Å². The summed E-state index contributed by atoms with van der Waals surface area (Å²) in [5.74, 6) is 0.241. The van der Waals surface area contributed by atoms with E-state index in [1.807, 2.05) is 0 Å². The standard InChI is InChI=1S/C14H24N2O2S/c1-9(2)16-8-11(19)7-13(16)14(18)15-6-4-5-12(15)10(3)17/h9,11-13,19H,4-8H2,1-3H3/t11-,12-,13?/m0/s1. The van der Waals surface area contributed by atoms with Crippen LogP contribution in [0.1, 0.15) is 40.0 Å². The van der Waals surface area contributed by atoms with Crippen molar-refractivity contribution in [3.8, 4) is 0 Å². The summed E-state index contributed by atoms with van der Waals surface area (Å²) in [7, 11) is 0. The first-order valence-electron chi connectivity index (χ1n) is 7.16. The molecule has 2 saturated heterocycles. The molecule has 3 atom stereocenters. The predicted molar refractivity (Wildman–Crippen MR) is 78.4 cm³/mol. The van der Waals surface area contributed by atoms with Crippen molar-refractivity contribution in [2.24, 2.45) is 0 Å². The SMILES string of the molecule is CC(=O)[C@@H]1CCCN1C(=O)C1C[C@H](S)CN1C(C)C. The zero-order chi connectivity index (χ0) is 14.2. The van der Waals surface area contributed by atoms with Crippen LogP contribution in [0.15, 0.2) is 0 Å². The number of Topliss-reactive ketones (excluding diaryl/α,β-unsaturated/α-hetero) is 1. The molecule has 5 heteroatoms. The molecule has 2 fully saturated rings. The number of carbonyl (C=O) groups is 2. The van der Waals surface area contributed by atoms with E-state index in [1.54, 1.807) is 11.8 Å². The number of likely N-dealkylation sites (tertiary alicyclic amines) is 2. The van der Waals surface area contributed by atoms with E-state index in [1.165, 1.54) is 0 Å². The van der Waals surface area contributed by atoms with Gasteiger partial charge in [0.25, 0.3) is 0 Å². The molecule has 0 saturated carbocycles. The Balaban J connectivity index is 2.12. The van der Waals surface area contributed by atoms with E-state index in [2.05, 4.69) is 31.4 Å². The summed E-state index contributed by atoms with van der Waals surface area (Å²) in [6.45, 7) is 7.39. The normalized spacial score (nSPS) is 32.3. The molecule has 19 heavy (non-hydrogen) atoms. The second-order valence-corrected chi connectivity index (χ2v) is 6.73. The molecule has 0 spiro atoms. The maximum atomic E-state index is 12.7. The van der Waals surface area contributed by atoms with Gasteiger partial charge in [0.2, 0.25) is 5.91 Å². The third-order valence-corrected chi connectivity index (χ3v) is 4.64. The third kappa shape index (κ3) is 2.97. The smallest absolute Gasteiger partial charge is 0.240 e. The van der Waals surface area contributed by atoms with Gasteiger partial charge in [-0.2, -0.15) is 12.6 Å². The lowest BCUT2D eigenvalue weighted by atomic mass is 10.1. The lowest BCUT2D eigenvalue weighted by Crippen LogP contribution is -2.50. The highest BCUT2D eigenvalue weighted by molar-refractivity contribution is 7.81. The fraction of sp³-hybridized carbons (Fsp3) is 0.857. The Morgan fingerprint density at radius 3 is 2.53 bits per heavy atom. The van der Waals surface area contributed by atoms with E-state index < -0.39 is 0 Å². The number of carbonyl (C=O) groups excluding carboxylic acids is 2. The van der Waals surface area contributed by atoms with Gasteiger partial charge in [0.05, 0.1) is 12.1 Å². The van der Waals surface area contributed by atoms with Crippen LogP contribution in [-0.4, -0.2) is 58.0 Å². The molecule has 0 aromatic heterocycles. The van der Waals surface area contributed by atoms with Gasteiger partial charge in [-0.1, -0.05) is 0 Å². The van der Waals surface area contributed by atoms with Crippen molar-refractivity contribution in [1.82, 2.24) is 9.80 Å². The van der Waals surface area contributed by atoms with E-state index in [4.69, 9.17) is 0 Å². The Bertz CT molecular complexity index is 372. The van der Waals surface area contributed by atoms with Crippen LogP contribution in [0.4, 0.5) is 0 Å². The minimum absolute atomic E-state index is 0.0950. The fourth-order valence-corrected chi connectivity index (χ4v) is 3.68. The molecule has 0 aliphatic carbocycles. The van der Waals surface area contributed by atoms with Gasteiger partial charge in [0.15, 0.2) is 5.78 Å². The average molecular weight is 284 g/mol. The van der Waals surface area contributed by atoms with Crippen LogP contribution in [0.2, 0.25) is 0 Å². The van der Waals surface area contributed by atoms with Crippen molar-refractivity contribution in [3.05, 3.63) is 0 Å². The first kappa shape index (κ1) is 14.9. The highest BCUT2D eigenvalue weighted by atomic mass is 32.1. The fourth-order valence-electron chi connectivity index (χ4n) is 3.30. The van der Waals surface area contributed by atoms with Crippen LogP contribution >= 0.6 is 12.6 Å². The average Bonchev–Trinajstić information content (AvgIpc) is 2.93. The van der Waals surface area contributed by atoms with Gasteiger partial charge < -0.3 is 4.90 Å². The molecule has 2 rings (SSSR count). The topological polar surface area (TPSA) is 40.6 Å². The van der Waals surface area contributed by atoms with Crippen molar-refractivity contribution < 1.29 is 9.59 Å². The van der Waals surface area contributed by atoms with Gasteiger partial charge in [-0.25, -0.2) is 0 Å². The summed E-state index contributed by atoms with van der Waals surface area (Å²) >= 11 is 4.53.